The molecule has 0 radical (unpaired) electrons. The third-order valence-electron chi connectivity index (χ3n) is 9.83. The summed E-state index contributed by atoms with van der Waals surface area (Å²) in [6, 6.07) is 19.3. The van der Waals surface area contributed by atoms with Gasteiger partial charge in [0.05, 0.1) is 81.7 Å². The molecule has 6 aromatic rings. The Hall–Kier alpha value is -4.79. The molecule has 0 amide bonds. The third kappa shape index (κ3) is 6.54. The van der Waals surface area contributed by atoms with Crippen molar-refractivity contribution in [2.45, 2.75) is 24.9 Å². The zero-order valence-electron chi connectivity index (χ0n) is 30.0. The van der Waals surface area contributed by atoms with Gasteiger partial charge in [-0.15, -0.1) is 27.8 Å². The van der Waals surface area contributed by atoms with Gasteiger partial charge < -0.3 is 15.6 Å². The predicted molar refractivity (Wildman–Crippen MR) is 221 cm³/mol. The van der Waals surface area contributed by atoms with Gasteiger partial charge in [-0.05, 0) is 49.2 Å². The van der Waals surface area contributed by atoms with Crippen LogP contribution in [-0.4, -0.2) is 87.9 Å². The van der Waals surface area contributed by atoms with E-state index >= 15 is 0 Å². The van der Waals surface area contributed by atoms with E-state index < -0.39 is 31.1 Å². The minimum absolute atomic E-state index is 0.216. The van der Waals surface area contributed by atoms with E-state index in [0.717, 1.165) is 41.6 Å². The number of hydrogen-bond donors (Lipinski definition) is 5. The number of halogens is 2. The number of rotatable bonds is 7. The maximum atomic E-state index is 12.8. The average Bonchev–Trinajstić information content (AvgIpc) is 3.96. The summed E-state index contributed by atoms with van der Waals surface area (Å²) in [6.07, 6.45) is 3.38. The maximum Gasteiger partial charge on any atom is 0.239 e. The Balaban J connectivity index is 0.988. The fraction of sp³-hybridized carbons (Fsp3) is 0.229. The molecule has 0 aliphatic carbocycles. The third-order valence-corrected chi connectivity index (χ3v) is 17.4. The lowest BCUT2D eigenvalue weighted by atomic mass is 10.0. The summed E-state index contributed by atoms with van der Waals surface area (Å²) < 4.78 is 54.5. The zero-order chi connectivity index (χ0) is 39.9. The molecule has 8 rings (SSSR count). The fourth-order valence-electron chi connectivity index (χ4n) is 6.77. The van der Waals surface area contributed by atoms with Crippen molar-refractivity contribution in [2.24, 2.45) is 0 Å². The van der Waals surface area contributed by atoms with Crippen LogP contribution in [0.25, 0.3) is 49.2 Å². The Morgan fingerprint density at radius 3 is 1.77 bits per heavy atom. The minimum atomic E-state index is -3.70. The minimum Gasteiger partial charge on any atom is -0.344 e. The van der Waals surface area contributed by atoms with Gasteiger partial charge in [0, 0.05) is 19.7 Å². The van der Waals surface area contributed by atoms with Crippen molar-refractivity contribution >= 4 is 77.8 Å². The van der Waals surface area contributed by atoms with Crippen LogP contribution in [0.4, 0.5) is 0 Å². The van der Waals surface area contributed by atoms with Crippen LogP contribution < -0.4 is 10.6 Å². The number of nitrogens with one attached hydrogen (secondary N) is 5. The van der Waals surface area contributed by atoms with Crippen molar-refractivity contribution in [3.63, 3.8) is 0 Å². The van der Waals surface area contributed by atoms with Crippen molar-refractivity contribution in [3.8, 4) is 49.2 Å². The number of nitrogens with zero attached hydrogens (tertiary/aromatic N) is 6. The van der Waals surface area contributed by atoms with Crippen LogP contribution in [0.3, 0.4) is 0 Å². The first-order chi connectivity index (χ1) is 26.4. The van der Waals surface area contributed by atoms with Gasteiger partial charge in [0.15, 0.2) is 0 Å². The van der Waals surface area contributed by atoms with E-state index in [4.69, 9.17) is 34.0 Å². The highest BCUT2D eigenvalue weighted by atomic mass is 35.5. The van der Waals surface area contributed by atoms with Crippen LogP contribution in [0, 0.1) is 10.8 Å². The van der Waals surface area contributed by atoms with Crippen molar-refractivity contribution < 1.29 is 16.8 Å². The van der Waals surface area contributed by atoms with Gasteiger partial charge in [0.1, 0.15) is 5.69 Å². The molecule has 2 atom stereocenters. The first kappa shape index (κ1) is 38.1. The van der Waals surface area contributed by atoms with E-state index in [9.17, 15) is 16.8 Å². The average molecular weight is 871 g/mol. The Bertz CT molecular complexity index is 2780. The molecular weight excluding hydrogens is 838 g/mol. The van der Waals surface area contributed by atoms with Crippen LogP contribution in [0.1, 0.15) is 23.6 Å². The molecule has 4 aromatic heterocycles. The number of guanidine groups is 2. The molecule has 2 saturated heterocycles. The molecule has 5 N–H and O–H groups in total. The van der Waals surface area contributed by atoms with Crippen LogP contribution >= 0.6 is 45.9 Å². The van der Waals surface area contributed by atoms with Gasteiger partial charge in [-0.1, -0.05) is 64.8 Å². The standard InChI is InChI=1S/C35H33Cl2N11O4S4/c1-34(16-55(49,50)46(3)32(38)42-34)30-23(36)13-26(53-30)25-15-48(45-44-25)22-11-9-20(10-12-22)19-5-7-21(8-6-19)28-29(41-18-40-28)27-14-24(37)31(54-27)35(2)17-56(51,52)47(4)33(39)43-35/h5-15,18H,16-17H2,1-4H3,(H2,38,42)(H2,39,43)(H,40,41)/t34-,35-/m0/s1. The summed E-state index contributed by atoms with van der Waals surface area (Å²) in [5, 5.41) is 31.8. The Morgan fingerprint density at radius 2 is 1.23 bits per heavy atom. The van der Waals surface area contributed by atoms with Crippen LogP contribution in [0.5, 0.6) is 0 Å². The largest absolute Gasteiger partial charge is 0.344 e. The molecule has 0 saturated carbocycles. The number of hydrogen-bond acceptors (Lipinski definition) is 11. The fourth-order valence-corrected chi connectivity index (χ4v) is 13.1. The topological polar surface area (TPSA) is 206 Å². The molecule has 56 heavy (non-hydrogen) atoms. The van der Waals surface area contributed by atoms with Crippen molar-refractivity contribution in [3.05, 3.63) is 93.0 Å². The van der Waals surface area contributed by atoms with E-state index in [-0.39, 0.29) is 23.4 Å². The lowest BCUT2D eigenvalue weighted by Crippen LogP contribution is -2.60. The smallest absolute Gasteiger partial charge is 0.239 e. The number of aromatic amines is 1. The van der Waals surface area contributed by atoms with Gasteiger partial charge in [-0.25, -0.2) is 35.1 Å². The van der Waals surface area contributed by atoms with E-state index in [2.05, 4.69) is 30.9 Å². The summed E-state index contributed by atoms with van der Waals surface area (Å²) in [7, 11) is -4.71. The summed E-state index contributed by atoms with van der Waals surface area (Å²) in [4.78, 5) is 10.5. The number of sulfonamides is 2. The molecule has 290 valence electrons. The summed E-state index contributed by atoms with van der Waals surface area (Å²) >= 11 is 16.0. The summed E-state index contributed by atoms with van der Waals surface area (Å²) in [5.41, 5.74) is 3.46. The molecule has 0 spiro atoms. The molecule has 0 bridgehead atoms. The molecule has 0 unspecified atom stereocenters. The lowest BCUT2D eigenvalue weighted by molar-refractivity contribution is 0.423. The Kier molecular flexibility index (Phi) is 9.13. The number of thiophene rings is 2. The monoisotopic (exact) mass is 869 g/mol. The van der Waals surface area contributed by atoms with Gasteiger partial charge in [0.2, 0.25) is 32.0 Å². The predicted octanol–water partition coefficient (Wildman–Crippen LogP) is 6.12. The van der Waals surface area contributed by atoms with Gasteiger partial charge >= 0.3 is 0 Å². The molecule has 21 heteroatoms. The van der Waals surface area contributed by atoms with Crippen molar-refractivity contribution in [1.82, 2.24) is 44.2 Å². The first-order valence-corrected chi connectivity index (χ1v) is 22.4. The van der Waals surface area contributed by atoms with E-state index in [1.165, 1.54) is 36.8 Å². The Labute approximate surface area is 340 Å². The van der Waals surface area contributed by atoms with E-state index in [1.54, 1.807) is 43.2 Å². The molecule has 2 aliphatic heterocycles. The SMILES string of the molecule is CN1C(=N)N[C@](C)(c2sc(-c3cn(-c4ccc(-c5ccc(-c6nc[nH]c6-c6cc(Cl)c([C@]7(C)CS(=O)(=O)N(C)C(=N)N7)s6)cc5)cc4)nn3)cc2Cl)CS1(=O)=O. The van der Waals surface area contributed by atoms with Gasteiger partial charge in [0.25, 0.3) is 0 Å². The van der Waals surface area contributed by atoms with Gasteiger partial charge in [-0.2, -0.15) is 0 Å². The summed E-state index contributed by atoms with van der Waals surface area (Å²) in [6.45, 7) is 3.45. The first-order valence-electron chi connectivity index (χ1n) is 16.8. The second kappa shape index (κ2) is 13.4. The molecule has 6 heterocycles. The molecule has 15 nitrogen and oxygen atoms in total. The quantitative estimate of drug-likeness (QED) is 0.125. The van der Waals surface area contributed by atoms with E-state index in [1.807, 2.05) is 48.5 Å². The van der Waals surface area contributed by atoms with Crippen LogP contribution in [0.2, 0.25) is 10.0 Å². The van der Waals surface area contributed by atoms with Crippen molar-refractivity contribution in [1.29, 1.82) is 10.8 Å². The highest BCUT2D eigenvalue weighted by Crippen LogP contribution is 2.45. The number of aromatic nitrogens is 5. The molecule has 2 aliphatic rings. The highest BCUT2D eigenvalue weighted by molar-refractivity contribution is 7.90. The molecule has 2 fully saturated rings. The zero-order valence-corrected chi connectivity index (χ0v) is 34.8. The van der Waals surface area contributed by atoms with E-state index in [0.29, 0.717) is 36.1 Å². The normalized spacial score (nSPS) is 21.9. The van der Waals surface area contributed by atoms with Crippen molar-refractivity contribution in [2.75, 3.05) is 25.6 Å². The number of benzene rings is 2. The van der Waals surface area contributed by atoms with Crippen LogP contribution in [0.15, 0.2) is 73.2 Å². The van der Waals surface area contributed by atoms with Crippen LogP contribution in [-0.2, 0) is 31.1 Å². The Morgan fingerprint density at radius 1 is 0.750 bits per heavy atom. The van der Waals surface area contributed by atoms with Gasteiger partial charge in [-0.3, -0.25) is 10.8 Å². The number of imidazole rings is 1. The maximum absolute atomic E-state index is 12.8. The molecular formula is C35H33Cl2N11O4S4. The lowest BCUT2D eigenvalue weighted by Gasteiger charge is -2.39. The highest BCUT2D eigenvalue weighted by Gasteiger charge is 2.45. The second-order valence-corrected chi connectivity index (χ2v) is 20.9. The number of H-pyrrole nitrogens is 1. The molecule has 2 aromatic carbocycles. The second-order valence-electron chi connectivity index (χ2n) is 13.9. The summed E-state index contributed by atoms with van der Waals surface area (Å²) in [5.74, 6) is -0.938.